The van der Waals surface area contributed by atoms with Crippen molar-refractivity contribution in [2.24, 2.45) is 0 Å². The lowest BCUT2D eigenvalue weighted by Crippen LogP contribution is -2.32. The number of hydrogen-bond acceptors (Lipinski definition) is 5. The Morgan fingerprint density at radius 3 is 2.74 bits per heavy atom. The van der Waals surface area contributed by atoms with Gasteiger partial charge in [0.1, 0.15) is 17.1 Å². The predicted octanol–water partition coefficient (Wildman–Crippen LogP) is 5.19. The number of carbonyl (C=O) groups excluding carboxylic acids is 1. The summed E-state index contributed by atoms with van der Waals surface area (Å²) in [5, 5.41) is 0.595. The number of anilines is 1. The van der Waals surface area contributed by atoms with E-state index >= 15 is 0 Å². The molecule has 0 bridgehead atoms. The summed E-state index contributed by atoms with van der Waals surface area (Å²) < 4.78 is 21.9. The number of para-hydroxylation sites is 1. The lowest BCUT2D eigenvalue weighted by atomic mass is 10.2. The number of hydrogen-bond donors (Lipinski definition) is 0. The number of carbonyl (C=O) groups is 1. The second kappa shape index (κ2) is 10.4. The Morgan fingerprint density at radius 1 is 1.23 bits per heavy atom. The molecular weight excluding hydrogens is 439 g/mol. The highest BCUT2D eigenvalue weighted by Gasteiger charge is 2.22. The summed E-state index contributed by atoms with van der Waals surface area (Å²) in [4.78, 5) is 23.7. The molecule has 0 saturated carbocycles. The van der Waals surface area contributed by atoms with Gasteiger partial charge in [-0.15, -0.1) is 12.4 Å². The molecule has 1 amide bonds. The average Bonchev–Trinajstić information content (AvgIpc) is 3.42. The zero-order valence-electron chi connectivity index (χ0n) is 16.9. The van der Waals surface area contributed by atoms with Crippen molar-refractivity contribution >= 4 is 45.0 Å². The number of nitrogens with zero attached hydrogens (tertiary/aromatic N) is 4. The van der Waals surface area contributed by atoms with Gasteiger partial charge in [0.15, 0.2) is 5.13 Å². The van der Waals surface area contributed by atoms with E-state index in [2.05, 4.69) is 4.98 Å². The minimum Gasteiger partial charge on any atom is -0.492 e. The highest BCUT2D eigenvalue weighted by atomic mass is 35.5. The number of thiazole rings is 1. The van der Waals surface area contributed by atoms with Gasteiger partial charge in [0, 0.05) is 31.0 Å². The van der Waals surface area contributed by atoms with Gasteiger partial charge in [0.2, 0.25) is 0 Å². The largest absolute Gasteiger partial charge is 0.492 e. The third kappa shape index (κ3) is 5.21. The minimum absolute atomic E-state index is 0. The number of imidazole rings is 1. The maximum absolute atomic E-state index is 13.3. The summed E-state index contributed by atoms with van der Waals surface area (Å²) in [6, 6.07) is 11.3. The van der Waals surface area contributed by atoms with Gasteiger partial charge in [-0.05, 0) is 49.7 Å². The van der Waals surface area contributed by atoms with E-state index in [0.717, 1.165) is 23.2 Å². The number of aromatic nitrogens is 3. The summed E-state index contributed by atoms with van der Waals surface area (Å²) in [5.41, 5.74) is 1.16. The fourth-order valence-corrected chi connectivity index (χ4v) is 4.17. The Kier molecular flexibility index (Phi) is 7.59. The molecule has 4 aromatic rings. The molecule has 4 rings (SSSR count). The van der Waals surface area contributed by atoms with Crippen LogP contribution in [0.3, 0.4) is 0 Å². The van der Waals surface area contributed by atoms with E-state index in [-0.39, 0.29) is 24.1 Å². The Labute approximate surface area is 189 Å². The third-order valence-corrected chi connectivity index (χ3v) is 5.64. The van der Waals surface area contributed by atoms with Crippen molar-refractivity contribution in [1.29, 1.82) is 0 Å². The van der Waals surface area contributed by atoms with Gasteiger partial charge in [-0.2, -0.15) is 0 Å². The van der Waals surface area contributed by atoms with Crippen LogP contribution in [0.4, 0.5) is 9.52 Å². The van der Waals surface area contributed by atoms with Crippen LogP contribution in [-0.2, 0) is 6.54 Å². The highest BCUT2D eigenvalue weighted by Crippen LogP contribution is 2.35. The Balaban J connectivity index is 0.00000272. The molecule has 0 atom stereocenters. The Bertz CT molecular complexity index is 1130. The number of fused-ring (bicyclic) bond motifs is 1. The van der Waals surface area contributed by atoms with Gasteiger partial charge in [0.05, 0.1) is 17.6 Å². The highest BCUT2D eigenvalue weighted by molar-refractivity contribution is 7.22. The van der Waals surface area contributed by atoms with Crippen molar-refractivity contribution in [2.75, 3.05) is 18.1 Å². The van der Waals surface area contributed by atoms with Crippen LogP contribution < -0.4 is 9.64 Å². The Hall–Kier alpha value is -2.97. The van der Waals surface area contributed by atoms with Crippen LogP contribution in [0.5, 0.6) is 5.75 Å². The number of amides is 1. The zero-order chi connectivity index (χ0) is 20.9. The SMILES string of the molecule is CCOc1cccc2sc(N(CCCn3ccnc3)C(=O)c3ccc(F)cc3)nc12.Cl. The molecule has 0 fully saturated rings. The zero-order valence-corrected chi connectivity index (χ0v) is 18.5. The first-order valence-electron chi connectivity index (χ1n) is 9.71. The third-order valence-electron chi connectivity index (χ3n) is 4.59. The number of benzene rings is 2. The van der Waals surface area contributed by atoms with Crippen molar-refractivity contribution in [3.63, 3.8) is 0 Å². The summed E-state index contributed by atoms with van der Waals surface area (Å²) in [6.45, 7) is 3.65. The van der Waals surface area contributed by atoms with E-state index in [1.54, 1.807) is 17.4 Å². The van der Waals surface area contributed by atoms with Crippen molar-refractivity contribution in [2.45, 2.75) is 19.9 Å². The van der Waals surface area contributed by atoms with Crippen LogP contribution in [-0.4, -0.2) is 33.6 Å². The summed E-state index contributed by atoms with van der Waals surface area (Å²) in [5.74, 6) is 0.113. The molecule has 0 saturated heterocycles. The summed E-state index contributed by atoms with van der Waals surface area (Å²) in [6.07, 6.45) is 6.08. The topological polar surface area (TPSA) is 60.2 Å². The van der Waals surface area contributed by atoms with Crippen LogP contribution in [0, 0.1) is 5.82 Å². The Morgan fingerprint density at radius 2 is 2.03 bits per heavy atom. The van der Waals surface area contributed by atoms with Gasteiger partial charge < -0.3 is 9.30 Å². The van der Waals surface area contributed by atoms with Crippen molar-refractivity contribution < 1.29 is 13.9 Å². The first-order valence-corrected chi connectivity index (χ1v) is 10.5. The predicted molar refractivity (Wildman–Crippen MR) is 123 cm³/mol. The normalized spacial score (nSPS) is 10.6. The smallest absolute Gasteiger partial charge is 0.260 e. The quantitative estimate of drug-likeness (QED) is 0.363. The molecule has 0 aliphatic heterocycles. The van der Waals surface area contributed by atoms with Crippen LogP contribution >= 0.6 is 23.7 Å². The van der Waals surface area contributed by atoms with Gasteiger partial charge in [-0.25, -0.2) is 14.4 Å². The van der Waals surface area contributed by atoms with Crippen molar-refractivity contribution in [3.8, 4) is 5.75 Å². The van der Waals surface area contributed by atoms with Crippen LogP contribution in [0.1, 0.15) is 23.7 Å². The minimum atomic E-state index is -0.375. The molecule has 9 heteroatoms. The lowest BCUT2D eigenvalue weighted by Gasteiger charge is -2.20. The molecule has 2 aromatic carbocycles. The number of rotatable bonds is 8. The van der Waals surface area contributed by atoms with E-state index in [4.69, 9.17) is 9.72 Å². The molecule has 31 heavy (non-hydrogen) atoms. The second-order valence-corrected chi connectivity index (χ2v) is 7.66. The number of ether oxygens (including phenoxy) is 1. The van der Waals surface area contributed by atoms with Gasteiger partial charge in [0.25, 0.3) is 5.91 Å². The lowest BCUT2D eigenvalue weighted by molar-refractivity contribution is 0.0986. The van der Waals surface area contributed by atoms with Crippen LogP contribution in [0.25, 0.3) is 10.2 Å². The van der Waals surface area contributed by atoms with Gasteiger partial charge in [-0.1, -0.05) is 17.4 Å². The summed E-state index contributed by atoms with van der Waals surface area (Å²) in [7, 11) is 0. The van der Waals surface area contributed by atoms with E-state index < -0.39 is 0 Å². The molecule has 6 nitrogen and oxygen atoms in total. The number of aryl methyl sites for hydroxylation is 1. The molecule has 162 valence electrons. The molecule has 0 spiro atoms. The fourth-order valence-electron chi connectivity index (χ4n) is 3.16. The molecule has 0 N–H and O–H groups in total. The molecular formula is C22H22ClFN4O2S. The van der Waals surface area contributed by atoms with Gasteiger partial charge >= 0.3 is 0 Å². The van der Waals surface area contributed by atoms with Crippen LogP contribution in [0.2, 0.25) is 0 Å². The molecule has 2 aromatic heterocycles. The van der Waals surface area contributed by atoms with E-state index in [1.165, 1.54) is 35.6 Å². The number of halogens is 2. The van der Waals surface area contributed by atoms with Crippen molar-refractivity contribution in [1.82, 2.24) is 14.5 Å². The molecule has 0 aliphatic carbocycles. The van der Waals surface area contributed by atoms with Crippen molar-refractivity contribution in [3.05, 3.63) is 72.6 Å². The maximum atomic E-state index is 13.3. The van der Waals surface area contributed by atoms with Gasteiger partial charge in [-0.3, -0.25) is 9.69 Å². The van der Waals surface area contributed by atoms with E-state index in [9.17, 15) is 9.18 Å². The first kappa shape index (κ1) is 22.7. The monoisotopic (exact) mass is 460 g/mol. The fraction of sp³-hybridized carbons (Fsp3) is 0.227. The van der Waals surface area contributed by atoms with E-state index in [0.29, 0.717) is 29.6 Å². The second-order valence-electron chi connectivity index (χ2n) is 6.65. The standard InChI is InChI=1S/C22H21FN4O2S.ClH/c1-2-29-18-5-3-6-19-20(18)25-22(30-19)27(13-4-12-26-14-11-24-15-26)21(28)16-7-9-17(23)10-8-16;/h3,5-11,14-15H,2,4,12-13H2,1H3;1H. The molecule has 0 aliphatic rings. The maximum Gasteiger partial charge on any atom is 0.260 e. The molecule has 0 unspecified atom stereocenters. The molecule has 2 heterocycles. The average molecular weight is 461 g/mol. The van der Waals surface area contributed by atoms with E-state index in [1.807, 2.05) is 35.9 Å². The molecule has 0 radical (unpaired) electrons. The summed E-state index contributed by atoms with van der Waals surface area (Å²) >= 11 is 1.44. The first-order chi connectivity index (χ1) is 14.7. The van der Waals surface area contributed by atoms with Crippen LogP contribution in [0.15, 0.2) is 61.2 Å².